The third-order valence-corrected chi connectivity index (χ3v) is 15.3. The van der Waals surface area contributed by atoms with Gasteiger partial charge in [-0.15, -0.1) is 0 Å². The fourth-order valence-corrected chi connectivity index (χ4v) is 8.99. The predicted molar refractivity (Wildman–Crippen MR) is 396 cm³/mol. The first-order chi connectivity index (χ1) is 45.6. The largest absolute Gasteiger partial charge is 2.00 e. The SMILES string of the molecule is C=C(CBr)C(=O)OCC.C=C(CC(C)(C)C)C(=O)OCC.CC(C)(C)c1ccc(Cl)cc1.CCOC(=O)c1ccc(I)cc1.Cc1nc2c(c(=O)[nH]c(=O)n2C)n1C.Cc1nc2c(c(=O)[nH]c(=O)n2C)n1C.Cn1[c-]nc2c1c(=O)[nH]c(=O)n2C.Cn1cnc2c1c(=O)[nH]c(=O)n2C.[CH3-].[Zn+2]. The Balaban J connectivity index is 0.000000572. The number of fused-ring (bicyclic) bond motifs is 4. The van der Waals surface area contributed by atoms with Gasteiger partial charge in [0.15, 0.2) is 33.5 Å². The molecule has 0 aliphatic carbocycles. The van der Waals surface area contributed by atoms with Crippen LogP contribution in [-0.2, 0) is 105 Å². The molecule has 8 heterocycles. The molecule has 0 aliphatic rings. The maximum absolute atomic E-state index is 11.5. The maximum Gasteiger partial charge on any atom is 2.00 e. The van der Waals surface area contributed by atoms with Crippen molar-refractivity contribution >= 4 is 113 Å². The number of H-pyrrole nitrogens is 4. The number of nitrogens with one attached hydrogen (secondary N) is 4. The number of esters is 3. The van der Waals surface area contributed by atoms with Gasteiger partial charge in [0, 0.05) is 86.4 Å². The number of aromatic nitrogens is 16. The van der Waals surface area contributed by atoms with E-state index < -0.39 is 45.0 Å². The molecular weight excluding hydrogens is 1550 g/mol. The van der Waals surface area contributed by atoms with Crippen LogP contribution in [0.25, 0.3) is 44.7 Å². The second-order valence-corrected chi connectivity index (χ2v) is 25.8. The zero-order valence-corrected chi connectivity index (χ0v) is 67.5. The van der Waals surface area contributed by atoms with Crippen molar-refractivity contribution in [1.29, 1.82) is 0 Å². The van der Waals surface area contributed by atoms with E-state index in [9.17, 15) is 52.7 Å². The van der Waals surface area contributed by atoms with E-state index in [2.05, 4.69) is 156 Å². The maximum atomic E-state index is 11.5. The molecule has 0 saturated carbocycles. The van der Waals surface area contributed by atoms with Crippen LogP contribution in [0.15, 0.2) is 118 Å². The number of aromatic amines is 4. The topological polar surface area (TPSA) is 370 Å². The van der Waals surface area contributed by atoms with Gasteiger partial charge in [-0.1, -0.05) is 94.4 Å². The van der Waals surface area contributed by atoms with Crippen molar-refractivity contribution in [3.8, 4) is 0 Å². The van der Waals surface area contributed by atoms with Gasteiger partial charge in [-0.2, -0.15) is 0 Å². The van der Waals surface area contributed by atoms with Gasteiger partial charge in [0.1, 0.15) is 11.6 Å². The molecule has 2 aromatic carbocycles. The summed E-state index contributed by atoms with van der Waals surface area (Å²) in [5.41, 5.74) is 3.00. The second-order valence-electron chi connectivity index (χ2n) is 23.5. The van der Waals surface area contributed by atoms with Gasteiger partial charge in [0.05, 0.1) is 31.7 Å². The number of hydrogen-bond donors (Lipinski definition) is 4. The standard InChI is InChI=1S/C10H13Cl.C10H18O2.C9H9IO2.2C8H10N4O2.C7H8N4O2.C7H7N4O2.C6H9BrO2.CH3.Zn/c1-10(2,3)8-4-6-9(11)7-5-8;1-6-12-9(11)8(2)7-10(3,4)5;1-2-12-9(11)7-3-5-8(10)6-4-7;2*1-4-9-6-5(11(4)2)7(13)10-8(14)12(6)3;2*1-10-3-8-5-4(10)6(12)9-7(13)11(5)2;1-3-9-6(8)5(2)4-7;;/h4-7H,1-3H3;2,6-7H2,1,3-5H3;3-6H,2H2,1H3;2*1-3H3,(H,10,13,14);3H,1-2H3,(H,9,12,13);1-2H3,(H,9,12,13);2-4H2,1H3;1H3;/q;;;;;;-1;;-1;+2. The van der Waals surface area contributed by atoms with E-state index in [1.165, 1.54) is 34.7 Å². The molecule has 4 N–H and O–H groups in total. The number of carbonyl (C=O) groups is 3. The summed E-state index contributed by atoms with van der Waals surface area (Å²) in [6, 6.07) is 15.3. The van der Waals surface area contributed by atoms with Gasteiger partial charge in [-0.25, -0.2) is 48.5 Å². The van der Waals surface area contributed by atoms with Gasteiger partial charge < -0.3 is 49.5 Å². The molecule has 10 aromatic rings. The van der Waals surface area contributed by atoms with Crippen LogP contribution in [-0.4, -0.2) is 119 Å². The molecule has 30 nitrogen and oxygen atoms in total. The first-order valence-electron chi connectivity index (χ1n) is 29.9. The number of aryl methyl sites for hydroxylation is 10. The van der Waals surface area contributed by atoms with Crippen LogP contribution < -0.4 is 45.0 Å². The molecule has 0 unspecified atom stereocenters. The van der Waals surface area contributed by atoms with Gasteiger partial charge in [-0.3, -0.25) is 52.8 Å². The molecule has 100 heavy (non-hydrogen) atoms. The van der Waals surface area contributed by atoms with Crippen LogP contribution in [0.5, 0.6) is 0 Å². The Morgan fingerprint density at radius 2 is 0.940 bits per heavy atom. The van der Waals surface area contributed by atoms with Crippen molar-refractivity contribution in [3.63, 3.8) is 0 Å². The Kier molecular flexibility index (Phi) is 35.4. The smallest absolute Gasteiger partial charge is 0.463 e. The molecule has 0 saturated heterocycles. The third-order valence-electron chi connectivity index (χ3n) is 13.7. The van der Waals surface area contributed by atoms with Crippen molar-refractivity contribution in [2.45, 2.75) is 88.0 Å². The predicted octanol–water partition coefficient (Wildman–Crippen LogP) is 6.85. The van der Waals surface area contributed by atoms with Gasteiger partial charge in [0.25, 0.3) is 16.7 Å². The zero-order chi connectivity index (χ0) is 74.6. The number of imidazole rings is 4. The van der Waals surface area contributed by atoms with Crippen LogP contribution in [0.2, 0.25) is 5.02 Å². The Bertz CT molecular complexity index is 4780. The minimum absolute atomic E-state index is 0. The van der Waals surface area contributed by atoms with E-state index in [0.717, 1.165) is 8.59 Å². The first-order valence-corrected chi connectivity index (χ1v) is 32.5. The molecule has 0 spiro atoms. The van der Waals surface area contributed by atoms with E-state index in [0.29, 0.717) is 105 Å². The molecule has 10 rings (SSSR count). The summed E-state index contributed by atoms with van der Waals surface area (Å²) in [4.78, 5) is 148. The van der Waals surface area contributed by atoms with Crippen LogP contribution in [0.3, 0.4) is 0 Å². The van der Waals surface area contributed by atoms with Crippen LogP contribution >= 0.6 is 50.1 Å². The molecular formula is C66H87BrClIN16O14Zn. The Morgan fingerprint density at radius 1 is 0.560 bits per heavy atom. The molecule has 0 fully saturated rings. The number of carbonyl (C=O) groups excluding carboxylic acids is 3. The number of rotatable bonds is 8. The minimum Gasteiger partial charge on any atom is -0.463 e. The normalized spacial score (nSPS) is 10.5. The van der Waals surface area contributed by atoms with Crippen LogP contribution in [0, 0.1) is 36.6 Å². The summed E-state index contributed by atoms with van der Waals surface area (Å²) in [5.74, 6) is 0.550. The molecule has 0 amide bonds. The number of benzene rings is 2. The van der Waals surface area contributed by atoms with E-state index in [-0.39, 0.29) is 55.6 Å². The molecule has 0 aliphatic heterocycles. The monoisotopic (exact) mass is 1630 g/mol. The molecule has 0 atom stereocenters. The van der Waals surface area contributed by atoms with Gasteiger partial charge in [-0.05, 0) is 129 Å². The van der Waals surface area contributed by atoms with E-state index in [1.54, 1.807) is 117 Å². The summed E-state index contributed by atoms with van der Waals surface area (Å²) in [6.45, 7) is 30.1. The van der Waals surface area contributed by atoms with Crippen molar-refractivity contribution in [2.75, 3.05) is 25.2 Å². The molecule has 0 bridgehead atoms. The van der Waals surface area contributed by atoms with Gasteiger partial charge >= 0.3 is 60.1 Å². The van der Waals surface area contributed by atoms with Crippen molar-refractivity contribution in [1.82, 2.24) is 76.4 Å². The van der Waals surface area contributed by atoms with E-state index >= 15 is 0 Å². The molecule has 34 heteroatoms. The van der Waals surface area contributed by atoms with Gasteiger partial charge in [0.2, 0.25) is 5.56 Å². The number of hydrogen-bond acceptors (Lipinski definition) is 18. The summed E-state index contributed by atoms with van der Waals surface area (Å²) >= 11 is 11.0. The van der Waals surface area contributed by atoms with E-state index in [1.807, 2.05) is 24.3 Å². The number of halogens is 3. The molecule has 8 aromatic heterocycles. The second kappa shape index (κ2) is 39.7. The molecule has 0 radical (unpaired) electrons. The quantitative estimate of drug-likeness (QED) is 0.0230. The summed E-state index contributed by atoms with van der Waals surface area (Å²) in [7, 11) is 13.1. The Hall–Kier alpha value is -8.95. The van der Waals surface area contributed by atoms with Crippen molar-refractivity contribution in [2.24, 2.45) is 61.8 Å². The zero-order valence-electron chi connectivity index (χ0n) is 60.1. The summed E-state index contributed by atoms with van der Waals surface area (Å²) in [6.07, 6.45) is 4.76. The Labute approximate surface area is 615 Å². The molecule has 538 valence electrons. The summed E-state index contributed by atoms with van der Waals surface area (Å²) < 4.78 is 26.9. The van der Waals surface area contributed by atoms with Crippen molar-refractivity contribution in [3.05, 3.63) is 208 Å². The van der Waals surface area contributed by atoms with Crippen molar-refractivity contribution < 1.29 is 48.1 Å². The number of alkyl halides is 1. The fourth-order valence-electron chi connectivity index (χ4n) is 8.28. The van der Waals surface area contributed by atoms with Crippen LogP contribution in [0.1, 0.15) is 96.3 Å². The number of nitrogens with zero attached hydrogens (tertiary/aromatic N) is 12. The minimum atomic E-state index is -0.468. The fraction of sp³-hybridized carbons (Fsp3) is 0.394. The van der Waals surface area contributed by atoms with E-state index in [4.69, 9.17) is 21.1 Å². The Morgan fingerprint density at radius 3 is 1.33 bits per heavy atom. The van der Waals surface area contributed by atoms with Crippen LogP contribution in [0.4, 0.5) is 0 Å². The average Bonchev–Trinajstić information content (AvgIpc) is 1.64. The average molecular weight is 1640 g/mol. The number of ether oxygens (including phenoxy) is 3. The summed E-state index contributed by atoms with van der Waals surface area (Å²) in [5, 5.41) is 1.28. The first kappa shape index (κ1) is 89.1. The third kappa shape index (κ3) is 24.7.